The molecule has 1 aliphatic rings. The summed E-state index contributed by atoms with van der Waals surface area (Å²) in [6, 6.07) is 2.15. The number of thiophene rings is 1. The standard InChI is InChI=1S/C14H17N3S2/c15-14-16-12-3-7-17(8-4-13(12)19-14)6-1-2-11-5-9-18-10-11/h1-2,5,9-10H,3-4,6-8H2,(H2,15,16)/b2-1+. The van der Waals surface area contributed by atoms with E-state index in [4.69, 9.17) is 5.73 Å². The van der Waals surface area contributed by atoms with E-state index in [1.807, 2.05) is 0 Å². The minimum Gasteiger partial charge on any atom is -0.375 e. The normalized spacial score (nSPS) is 16.6. The largest absolute Gasteiger partial charge is 0.375 e. The molecule has 0 saturated heterocycles. The van der Waals surface area contributed by atoms with Crippen LogP contribution in [0.5, 0.6) is 0 Å². The Labute approximate surface area is 121 Å². The fraction of sp³-hybridized carbons (Fsp3) is 0.357. The minimum atomic E-state index is 0.718. The summed E-state index contributed by atoms with van der Waals surface area (Å²) < 4.78 is 0. The lowest BCUT2D eigenvalue weighted by Crippen LogP contribution is -2.26. The summed E-state index contributed by atoms with van der Waals surface area (Å²) in [7, 11) is 0. The molecule has 5 heteroatoms. The van der Waals surface area contributed by atoms with Crippen molar-refractivity contribution >= 4 is 33.9 Å². The Bertz CT molecular complexity index is 532. The van der Waals surface area contributed by atoms with Gasteiger partial charge < -0.3 is 5.73 Å². The zero-order valence-corrected chi connectivity index (χ0v) is 12.3. The van der Waals surface area contributed by atoms with Crippen LogP contribution in [0.1, 0.15) is 16.1 Å². The molecule has 3 heterocycles. The molecule has 0 fully saturated rings. The van der Waals surface area contributed by atoms with Crippen LogP contribution in [0.3, 0.4) is 0 Å². The summed E-state index contributed by atoms with van der Waals surface area (Å²) in [6.45, 7) is 3.19. The maximum absolute atomic E-state index is 5.76. The highest BCUT2D eigenvalue weighted by Gasteiger charge is 2.16. The van der Waals surface area contributed by atoms with E-state index in [1.165, 1.54) is 16.1 Å². The molecule has 3 nitrogen and oxygen atoms in total. The molecule has 19 heavy (non-hydrogen) atoms. The van der Waals surface area contributed by atoms with Crippen molar-refractivity contribution in [3.05, 3.63) is 39.0 Å². The zero-order chi connectivity index (χ0) is 13.1. The molecule has 2 N–H and O–H groups in total. The minimum absolute atomic E-state index is 0.718. The summed E-state index contributed by atoms with van der Waals surface area (Å²) in [5.74, 6) is 0. The maximum atomic E-state index is 5.76. The van der Waals surface area contributed by atoms with Crippen LogP contribution in [0.25, 0.3) is 6.08 Å². The van der Waals surface area contributed by atoms with Gasteiger partial charge in [0.1, 0.15) is 0 Å². The van der Waals surface area contributed by atoms with E-state index >= 15 is 0 Å². The molecule has 100 valence electrons. The quantitative estimate of drug-likeness (QED) is 0.945. The van der Waals surface area contributed by atoms with Crippen LogP contribution in [0.4, 0.5) is 5.13 Å². The van der Waals surface area contributed by atoms with Crippen LogP contribution in [0, 0.1) is 0 Å². The van der Waals surface area contributed by atoms with Crippen LogP contribution in [0.2, 0.25) is 0 Å². The fourth-order valence-electron chi connectivity index (χ4n) is 2.32. The molecule has 2 aromatic rings. The van der Waals surface area contributed by atoms with Gasteiger partial charge in [-0.25, -0.2) is 4.98 Å². The van der Waals surface area contributed by atoms with Crippen molar-refractivity contribution < 1.29 is 0 Å². The number of thiazole rings is 1. The van der Waals surface area contributed by atoms with Gasteiger partial charge in [0.05, 0.1) is 5.69 Å². The Morgan fingerprint density at radius 1 is 1.37 bits per heavy atom. The first-order chi connectivity index (χ1) is 9.31. The van der Waals surface area contributed by atoms with Gasteiger partial charge in [-0.2, -0.15) is 11.3 Å². The lowest BCUT2D eigenvalue weighted by molar-refractivity contribution is 0.318. The third-order valence-corrected chi connectivity index (χ3v) is 5.02. The van der Waals surface area contributed by atoms with Gasteiger partial charge in [-0.3, -0.25) is 4.90 Å². The summed E-state index contributed by atoms with van der Waals surface area (Å²) in [5.41, 5.74) is 8.28. The van der Waals surface area contributed by atoms with E-state index < -0.39 is 0 Å². The van der Waals surface area contributed by atoms with E-state index in [9.17, 15) is 0 Å². The number of rotatable bonds is 3. The van der Waals surface area contributed by atoms with Crippen LogP contribution < -0.4 is 5.73 Å². The van der Waals surface area contributed by atoms with Crippen LogP contribution in [-0.4, -0.2) is 29.5 Å². The summed E-state index contributed by atoms with van der Waals surface area (Å²) in [5, 5.41) is 5.00. The molecule has 0 saturated carbocycles. The number of hydrogen-bond donors (Lipinski definition) is 1. The molecule has 0 atom stereocenters. The summed E-state index contributed by atoms with van der Waals surface area (Å²) in [6.07, 6.45) is 6.56. The van der Waals surface area contributed by atoms with Crippen LogP contribution in [0.15, 0.2) is 22.9 Å². The van der Waals surface area contributed by atoms with E-state index in [1.54, 1.807) is 22.7 Å². The Balaban J connectivity index is 1.56. The third kappa shape index (κ3) is 3.23. The Morgan fingerprint density at radius 2 is 2.26 bits per heavy atom. The molecular formula is C14H17N3S2. The van der Waals surface area contributed by atoms with Crippen LogP contribution >= 0.6 is 22.7 Å². The van der Waals surface area contributed by atoms with E-state index in [-0.39, 0.29) is 0 Å². The number of nitrogens with two attached hydrogens (primary N) is 1. The van der Waals surface area contributed by atoms with Gasteiger partial charge in [0.25, 0.3) is 0 Å². The number of nitrogen functional groups attached to an aromatic ring is 1. The smallest absolute Gasteiger partial charge is 0.180 e. The van der Waals surface area contributed by atoms with Gasteiger partial charge >= 0.3 is 0 Å². The number of hydrogen-bond acceptors (Lipinski definition) is 5. The van der Waals surface area contributed by atoms with Crippen LogP contribution in [-0.2, 0) is 12.8 Å². The topological polar surface area (TPSA) is 42.1 Å². The molecule has 0 aliphatic carbocycles. The Morgan fingerprint density at radius 3 is 3.11 bits per heavy atom. The highest BCUT2D eigenvalue weighted by Crippen LogP contribution is 2.24. The van der Waals surface area contributed by atoms with Crippen molar-refractivity contribution in [2.75, 3.05) is 25.4 Å². The maximum Gasteiger partial charge on any atom is 0.180 e. The van der Waals surface area contributed by atoms with Crippen molar-refractivity contribution in [3.63, 3.8) is 0 Å². The average Bonchev–Trinajstić information content (AvgIpc) is 2.98. The summed E-state index contributed by atoms with van der Waals surface area (Å²) >= 11 is 3.39. The number of fused-ring (bicyclic) bond motifs is 1. The van der Waals surface area contributed by atoms with Crippen molar-refractivity contribution in [3.8, 4) is 0 Å². The first-order valence-corrected chi connectivity index (χ1v) is 8.22. The third-order valence-electron chi connectivity index (χ3n) is 3.33. The molecule has 2 aromatic heterocycles. The predicted molar refractivity (Wildman–Crippen MR) is 83.7 cm³/mol. The predicted octanol–water partition coefficient (Wildman–Crippen LogP) is 2.90. The van der Waals surface area contributed by atoms with Gasteiger partial charge in [0, 0.05) is 30.9 Å². The Hall–Kier alpha value is -1.17. The zero-order valence-electron chi connectivity index (χ0n) is 10.7. The molecule has 1 aliphatic heterocycles. The second kappa shape index (κ2) is 5.86. The van der Waals surface area contributed by atoms with Gasteiger partial charge in [-0.1, -0.05) is 12.2 Å². The van der Waals surface area contributed by atoms with Gasteiger partial charge in [0.15, 0.2) is 5.13 Å². The molecule has 0 unspecified atom stereocenters. The van der Waals surface area contributed by atoms with Crippen molar-refractivity contribution in [2.24, 2.45) is 0 Å². The second-order valence-corrected chi connectivity index (χ2v) is 6.58. The lowest BCUT2D eigenvalue weighted by Gasteiger charge is -2.17. The number of nitrogens with zero attached hydrogens (tertiary/aromatic N) is 2. The molecule has 3 rings (SSSR count). The molecule has 0 spiro atoms. The second-order valence-electron chi connectivity index (χ2n) is 4.68. The molecule has 0 aromatic carbocycles. The highest BCUT2D eigenvalue weighted by molar-refractivity contribution is 7.15. The highest BCUT2D eigenvalue weighted by atomic mass is 32.1. The molecule has 0 radical (unpaired) electrons. The molecule has 0 amide bonds. The van der Waals surface area contributed by atoms with Gasteiger partial charge in [0.2, 0.25) is 0 Å². The first kappa shape index (κ1) is 12.8. The number of aromatic nitrogens is 1. The average molecular weight is 291 g/mol. The Kier molecular flexibility index (Phi) is 3.96. The van der Waals surface area contributed by atoms with Crippen molar-refractivity contribution in [1.29, 1.82) is 0 Å². The molecule has 0 bridgehead atoms. The van der Waals surface area contributed by atoms with E-state index in [0.29, 0.717) is 0 Å². The summed E-state index contributed by atoms with van der Waals surface area (Å²) in [4.78, 5) is 8.28. The lowest BCUT2D eigenvalue weighted by atomic mass is 10.2. The van der Waals surface area contributed by atoms with Gasteiger partial charge in [-0.15, -0.1) is 11.3 Å². The number of anilines is 1. The first-order valence-electron chi connectivity index (χ1n) is 6.46. The SMILES string of the molecule is Nc1nc2c(s1)CCN(C/C=C/c1ccsc1)CC2. The van der Waals surface area contributed by atoms with E-state index in [2.05, 4.69) is 38.9 Å². The fourth-order valence-corrected chi connectivity index (χ4v) is 3.82. The van der Waals surface area contributed by atoms with Crippen molar-refractivity contribution in [2.45, 2.75) is 12.8 Å². The monoisotopic (exact) mass is 291 g/mol. The van der Waals surface area contributed by atoms with E-state index in [0.717, 1.165) is 37.6 Å². The van der Waals surface area contributed by atoms with Crippen molar-refractivity contribution in [1.82, 2.24) is 9.88 Å². The molecular weight excluding hydrogens is 274 g/mol. The van der Waals surface area contributed by atoms with Gasteiger partial charge in [-0.05, 0) is 28.8 Å².